The standard InChI is InChI=1S/C14H23NO5/c1-13(2,3)20-12(18)15-7-6-14(9-15)5-4-10(8-19-14)11(16)17/h10H,4-9H2,1-3H3,(H,16,17). The maximum absolute atomic E-state index is 12.0. The molecule has 2 fully saturated rings. The van der Waals surface area contributed by atoms with E-state index in [0.717, 1.165) is 6.42 Å². The van der Waals surface area contributed by atoms with Crippen molar-refractivity contribution >= 4 is 12.1 Å². The summed E-state index contributed by atoms with van der Waals surface area (Å²) in [6, 6.07) is 0. The Morgan fingerprint density at radius 2 is 2.05 bits per heavy atom. The van der Waals surface area contributed by atoms with Gasteiger partial charge in [0.15, 0.2) is 0 Å². The van der Waals surface area contributed by atoms with Crippen LogP contribution in [-0.2, 0) is 14.3 Å². The van der Waals surface area contributed by atoms with Crippen molar-refractivity contribution in [2.24, 2.45) is 5.92 Å². The summed E-state index contributed by atoms with van der Waals surface area (Å²) in [4.78, 5) is 24.6. The van der Waals surface area contributed by atoms with Gasteiger partial charge in [-0.25, -0.2) is 4.79 Å². The monoisotopic (exact) mass is 285 g/mol. The quantitative estimate of drug-likeness (QED) is 0.796. The molecule has 0 aromatic carbocycles. The number of ether oxygens (including phenoxy) is 2. The molecule has 2 saturated heterocycles. The minimum absolute atomic E-state index is 0.234. The van der Waals surface area contributed by atoms with Crippen LogP contribution in [0.1, 0.15) is 40.0 Å². The molecule has 2 unspecified atom stereocenters. The van der Waals surface area contributed by atoms with Crippen LogP contribution >= 0.6 is 0 Å². The number of nitrogens with zero attached hydrogens (tertiary/aromatic N) is 1. The lowest BCUT2D eigenvalue weighted by Crippen LogP contribution is -2.45. The van der Waals surface area contributed by atoms with Gasteiger partial charge < -0.3 is 19.5 Å². The van der Waals surface area contributed by atoms with Gasteiger partial charge in [0.2, 0.25) is 0 Å². The molecule has 0 aromatic rings. The molecule has 1 amide bonds. The number of aliphatic carboxylic acids is 1. The van der Waals surface area contributed by atoms with Crippen LogP contribution in [0.4, 0.5) is 4.79 Å². The molecule has 1 spiro atoms. The third kappa shape index (κ3) is 3.42. The molecule has 0 saturated carbocycles. The van der Waals surface area contributed by atoms with E-state index in [1.165, 1.54) is 0 Å². The van der Waals surface area contributed by atoms with E-state index >= 15 is 0 Å². The van der Waals surface area contributed by atoms with Crippen molar-refractivity contribution in [2.75, 3.05) is 19.7 Å². The number of amides is 1. The van der Waals surface area contributed by atoms with Gasteiger partial charge >= 0.3 is 12.1 Å². The summed E-state index contributed by atoms with van der Waals surface area (Å²) in [6.07, 6.45) is 1.72. The highest BCUT2D eigenvalue weighted by Crippen LogP contribution is 2.36. The van der Waals surface area contributed by atoms with Crippen LogP contribution in [0.25, 0.3) is 0 Å². The largest absolute Gasteiger partial charge is 0.481 e. The van der Waals surface area contributed by atoms with E-state index in [0.29, 0.717) is 25.9 Å². The molecule has 6 heteroatoms. The smallest absolute Gasteiger partial charge is 0.410 e. The van der Waals surface area contributed by atoms with Gasteiger partial charge in [0, 0.05) is 6.54 Å². The number of rotatable bonds is 1. The molecule has 114 valence electrons. The zero-order valence-electron chi connectivity index (χ0n) is 12.3. The van der Waals surface area contributed by atoms with Crippen LogP contribution in [0, 0.1) is 5.92 Å². The van der Waals surface area contributed by atoms with Gasteiger partial charge in [0.25, 0.3) is 0 Å². The lowest BCUT2D eigenvalue weighted by molar-refractivity contribution is -0.154. The number of carboxylic acid groups (broad SMARTS) is 1. The second-order valence-electron chi connectivity index (χ2n) is 6.72. The minimum Gasteiger partial charge on any atom is -0.481 e. The molecule has 2 rings (SSSR count). The average molecular weight is 285 g/mol. The van der Waals surface area contributed by atoms with Gasteiger partial charge in [-0.15, -0.1) is 0 Å². The van der Waals surface area contributed by atoms with Gasteiger partial charge in [-0.2, -0.15) is 0 Å². The third-order valence-corrected chi connectivity index (χ3v) is 3.86. The first-order valence-electron chi connectivity index (χ1n) is 7.05. The van der Waals surface area contributed by atoms with Crippen molar-refractivity contribution < 1.29 is 24.2 Å². The first-order valence-corrected chi connectivity index (χ1v) is 7.05. The molecule has 20 heavy (non-hydrogen) atoms. The molecule has 6 nitrogen and oxygen atoms in total. The van der Waals surface area contributed by atoms with Crippen molar-refractivity contribution in [2.45, 2.75) is 51.2 Å². The van der Waals surface area contributed by atoms with Gasteiger partial charge in [0.05, 0.1) is 24.7 Å². The van der Waals surface area contributed by atoms with E-state index in [1.54, 1.807) is 4.90 Å². The van der Waals surface area contributed by atoms with E-state index in [2.05, 4.69) is 0 Å². The van der Waals surface area contributed by atoms with Crippen molar-refractivity contribution in [3.05, 3.63) is 0 Å². The zero-order valence-corrected chi connectivity index (χ0v) is 12.3. The van der Waals surface area contributed by atoms with Crippen molar-refractivity contribution in [1.82, 2.24) is 4.90 Å². The number of carboxylic acids is 1. The van der Waals surface area contributed by atoms with Crippen molar-refractivity contribution in [3.63, 3.8) is 0 Å². The van der Waals surface area contributed by atoms with Crippen LogP contribution in [0.15, 0.2) is 0 Å². The summed E-state index contributed by atoms with van der Waals surface area (Å²) in [5.74, 6) is -1.22. The van der Waals surface area contributed by atoms with Crippen LogP contribution < -0.4 is 0 Å². The topological polar surface area (TPSA) is 76.1 Å². The predicted octanol–water partition coefficient (Wildman–Crippen LogP) is 1.88. The minimum atomic E-state index is -0.804. The first-order chi connectivity index (χ1) is 9.21. The van der Waals surface area contributed by atoms with Crippen LogP contribution in [0.5, 0.6) is 0 Å². The maximum Gasteiger partial charge on any atom is 0.410 e. The molecule has 0 bridgehead atoms. The number of carbonyl (C=O) groups is 2. The summed E-state index contributed by atoms with van der Waals surface area (Å²) >= 11 is 0. The van der Waals surface area contributed by atoms with Crippen molar-refractivity contribution in [3.8, 4) is 0 Å². The number of hydrogen-bond acceptors (Lipinski definition) is 4. The lowest BCUT2D eigenvalue weighted by Gasteiger charge is -2.36. The van der Waals surface area contributed by atoms with E-state index in [9.17, 15) is 9.59 Å². The zero-order chi connectivity index (χ0) is 15.0. The third-order valence-electron chi connectivity index (χ3n) is 3.86. The molecule has 0 aliphatic carbocycles. The van der Waals surface area contributed by atoms with E-state index < -0.39 is 17.5 Å². The molecular formula is C14H23NO5. The Labute approximate surface area is 119 Å². The molecule has 2 aliphatic heterocycles. The van der Waals surface area contributed by atoms with Gasteiger partial charge in [0.1, 0.15) is 5.60 Å². The molecule has 2 aliphatic rings. The Balaban J connectivity index is 1.89. The highest BCUT2D eigenvalue weighted by molar-refractivity contribution is 5.70. The number of likely N-dealkylation sites (tertiary alicyclic amines) is 1. The SMILES string of the molecule is CC(C)(C)OC(=O)N1CCC2(CCC(C(=O)O)CO2)C1. The summed E-state index contributed by atoms with van der Waals surface area (Å²) < 4.78 is 11.1. The molecular weight excluding hydrogens is 262 g/mol. The summed E-state index contributed by atoms with van der Waals surface area (Å²) in [7, 11) is 0. The summed E-state index contributed by atoms with van der Waals surface area (Å²) in [6.45, 7) is 6.85. The Morgan fingerprint density at radius 1 is 1.35 bits per heavy atom. The van der Waals surface area contributed by atoms with Gasteiger partial charge in [-0.1, -0.05) is 0 Å². The van der Waals surface area contributed by atoms with Gasteiger partial charge in [-0.05, 0) is 40.0 Å². The van der Waals surface area contributed by atoms with Crippen LogP contribution in [-0.4, -0.2) is 53.0 Å². The van der Waals surface area contributed by atoms with Crippen LogP contribution in [0.2, 0.25) is 0 Å². The molecule has 2 heterocycles. The fourth-order valence-electron chi connectivity index (χ4n) is 2.71. The fourth-order valence-corrected chi connectivity index (χ4v) is 2.71. The Hall–Kier alpha value is -1.30. The van der Waals surface area contributed by atoms with E-state index in [1.807, 2.05) is 20.8 Å². The molecule has 0 radical (unpaired) electrons. The van der Waals surface area contributed by atoms with Crippen molar-refractivity contribution in [1.29, 1.82) is 0 Å². The maximum atomic E-state index is 12.0. The average Bonchev–Trinajstić information content (AvgIpc) is 2.72. The Bertz CT molecular complexity index is 393. The predicted molar refractivity (Wildman–Crippen MR) is 71.5 cm³/mol. The molecule has 1 N–H and O–H groups in total. The second kappa shape index (κ2) is 5.24. The van der Waals surface area contributed by atoms with Gasteiger partial charge in [-0.3, -0.25) is 4.79 Å². The molecule has 2 atom stereocenters. The number of hydrogen-bond donors (Lipinski definition) is 1. The Morgan fingerprint density at radius 3 is 2.55 bits per heavy atom. The molecule has 0 aromatic heterocycles. The lowest BCUT2D eigenvalue weighted by atomic mass is 9.88. The summed E-state index contributed by atoms with van der Waals surface area (Å²) in [5, 5.41) is 8.97. The normalized spacial score (nSPS) is 30.6. The fraction of sp³-hybridized carbons (Fsp3) is 0.857. The highest BCUT2D eigenvalue weighted by Gasteiger charge is 2.45. The summed E-state index contributed by atoms with van der Waals surface area (Å²) in [5.41, 5.74) is -0.877. The first kappa shape index (κ1) is 15.1. The number of carbonyl (C=O) groups excluding carboxylic acids is 1. The van der Waals surface area contributed by atoms with E-state index in [4.69, 9.17) is 14.6 Å². The second-order valence-corrected chi connectivity index (χ2v) is 6.72. The Kier molecular flexibility index (Phi) is 3.95. The highest BCUT2D eigenvalue weighted by atomic mass is 16.6. The van der Waals surface area contributed by atoms with E-state index in [-0.39, 0.29) is 18.3 Å². The van der Waals surface area contributed by atoms with Crippen LogP contribution in [0.3, 0.4) is 0 Å².